The van der Waals surface area contributed by atoms with Crippen molar-refractivity contribution in [3.63, 3.8) is 0 Å². The van der Waals surface area contributed by atoms with Crippen LogP contribution in [0, 0.1) is 0 Å². The van der Waals surface area contributed by atoms with Gasteiger partial charge in [-0.25, -0.2) is 0 Å². The van der Waals surface area contributed by atoms with Crippen LogP contribution in [-0.2, 0) is 12.8 Å². The van der Waals surface area contributed by atoms with Gasteiger partial charge in [0.05, 0.1) is 9.75 Å². The Hall–Kier alpha value is -1.66. The molecule has 0 bridgehead atoms. The first-order valence-corrected chi connectivity index (χ1v) is 9.65. The molecular formula is C17H18N2O2S2. The quantitative estimate of drug-likeness (QED) is 0.839. The van der Waals surface area contributed by atoms with E-state index in [-0.39, 0.29) is 11.8 Å². The molecule has 6 heteroatoms. The summed E-state index contributed by atoms with van der Waals surface area (Å²) in [5.74, 6) is 0.217. The summed E-state index contributed by atoms with van der Waals surface area (Å²) >= 11 is 3.13. The molecule has 0 aromatic carbocycles. The van der Waals surface area contributed by atoms with Crippen LogP contribution < -0.4 is 0 Å². The van der Waals surface area contributed by atoms with Crippen LogP contribution >= 0.6 is 22.7 Å². The Labute approximate surface area is 143 Å². The molecule has 4 nitrogen and oxygen atoms in total. The third-order valence-corrected chi connectivity index (χ3v) is 6.63. The Morgan fingerprint density at radius 2 is 1.65 bits per heavy atom. The number of nitrogens with zero attached hydrogens (tertiary/aromatic N) is 2. The van der Waals surface area contributed by atoms with Crippen molar-refractivity contribution < 1.29 is 9.59 Å². The summed E-state index contributed by atoms with van der Waals surface area (Å²) in [4.78, 5) is 31.8. The topological polar surface area (TPSA) is 40.6 Å². The van der Waals surface area contributed by atoms with Crippen LogP contribution in [0.5, 0.6) is 0 Å². The van der Waals surface area contributed by atoms with Gasteiger partial charge in [-0.1, -0.05) is 6.07 Å². The Kier molecular flexibility index (Phi) is 3.95. The highest BCUT2D eigenvalue weighted by Gasteiger charge is 2.27. The van der Waals surface area contributed by atoms with E-state index in [1.807, 2.05) is 27.3 Å². The number of rotatable bonds is 2. The molecule has 23 heavy (non-hydrogen) atoms. The maximum atomic E-state index is 12.6. The number of aryl methyl sites for hydroxylation is 2. The maximum Gasteiger partial charge on any atom is 0.264 e. The molecule has 3 heterocycles. The van der Waals surface area contributed by atoms with E-state index in [1.54, 1.807) is 11.3 Å². The van der Waals surface area contributed by atoms with Gasteiger partial charge in [-0.3, -0.25) is 9.59 Å². The van der Waals surface area contributed by atoms with Crippen LogP contribution in [0.1, 0.15) is 36.2 Å². The molecule has 2 aromatic rings. The lowest BCUT2D eigenvalue weighted by molar-refractivity contribution is 0.0540. The molecule has 2 amide bonds. The van der Waals surface area contributed by atoms with E-state index in [2.05, 4.69) is 6.07 Å². The van der Waals surface area contributed by atoms with Crippen LogP contribution in [0.4, 0.5) is 0 Å². The number of hydrogen-bond donors (Lipinski definition) is 0. The summed E-state index contributed by atoms with van der Waals surface area (Å²) in [6, 6.07) is 5.84. The first-order chi connectivity index (χ1) is 11.2. The Bertz CT molecular complexity index is 706. The second-order valence-corrected chi connectivity index (χ2v) is 8.06. The minimum Gasteiger partial charge on any atom is -0.334 e. The lowest BCUT2D eigenvalue weighted by atomic mass is 10.2. The first kappa shape index (κ1) is 14.9. The highest BCUT2D eigenvalue weighted by atomic mass is 32.1. The molecule has 2 aromatic heterocycles. The molecular weight excluding hydrogens is 328 g/mol. The van der Waals surface area contributed by atoms with Crippen molar-refractivity contribution in [3.8, 4) is 0 Å². The zero-order chi connectivity index (χ0) is 15.8. The molecule has 1 fully saturated rings. The van der Waals surface area contributed by atoms with Crippen molar-refractivity contribution in [3.05, 3.63) is 43.8 Å². The third-order valence-electron chi connectivity index (χ3n) is 4.54. The average Bonchev–Trinajstić information content (AvgIpc) is 3.29. The van der Waals surface area contributed by atoms with Crippen LogP contribution in [-0.4, -0.2) is 47.8 Å². The lowest BCUT2D eigenvalue weighted by Crippen LogP contribution is -2.50. The van der Waals surface area contributed by atoms with Gasteiger partial charge in [0.25, 0.3) is 11.8 Å². The highest BCUT2D eigenvalue weighted by molar-refractivity contribution is 7.14. The molecule has 120 valence electrons. The summed E-state index contributed by atoms with van der Waals surface area (Å²) in [5, 5.41) is 1.92. The van der Waals surface area contributed by atoms with Gasteiger partial charge < -0.3 is 9.80 Å². The van der Waals surface area contributed by atoms with Crippen molar-refractivity contribution in [2.75, 3.05) is 26.2 Å². The van der Waals surface area contributed by atoms with Crippen LogP contribution in [0.15, 0.2) is 23.6 Å². The SMILES string of the molecule is O=C(c1cccs1)N1CCN(C(=O)c2cc3c(s2)CCC3)CC1. The standard InChI is InChI=1S/C17H18N2O2S2/c20-16(14-5-2-10-22-14)18-6-8-19(9-7-18)17(21)15-11-12-3-1-4-13(12)23-15/h2,5,10-11H,1,3-4,6-9H2. The second-order valence-electron chi connectivity index (χ2n) is 5.97. The molecule has 1 saturated heterocycles. The van der Waals surface area contributed by atoms with E-state index >= 15 is 0 Å². The van der Waals surface area contributed by atoms with E-state index in [4.69, 9.17) is 0 Å². The number of fused-ring (bicyclic) bond motifs is 1. The van der Waals surface area contributed by atoms with Crippen LogP contribution in [0.3, 0.4) is 0 Å². The fourth-order valence-electron chi connectivity index (χ4n) is 3.26. The predicted octanol–water partition coefficient (Wildman–Crippen LogP) is 2.90. The zero-order valence-electron chi connectivity index (χ0n) is 12.8. The van der Waals surface area contributed by atoms with E-state index in [9.17, 15) is 9.59 Å². The molecule has 0 unspecified atom stereocenters. The Morgan fingerprint density at radius 1 is 0.957 bits per heavy atom. The maximum absolute atomic E-state index is 12.6. The molecule has 0 atom stereocenters. The number of amides is 2. The monoisotopic (exact) mass is 346 g/mol. The summed E-state index contributed by atoms with van der Waals surface area (Å²) in [5.41, 5.74) is 1.37. The van der Waals surface area contributed by atoms with Gasteiger partial charge in [-0.15, -0.1) is 22.7 Å². The minimum atomic E-state index is 0.0854. The van der Waals surface area contributed by atoms with E-state index in [0.29, 0.717) is 26.2 Å². The molecule has 1 aliphatic carbocycles. The van der Waals surface area contributed by atoms with E-state index in [0.717, 1.165) is 22.6 Å². The Balaban J connectivity index is 1.39. The van der Waals surface area contributed by atoms with E-state index in [1.165, 1.54) is 28.2 Å². The molecule has 2 aliphatic rings. The van der Waals surface area contributed by atoms with Crippen LogP contribution in [0.2, 0.25) is 0 Å². The van der Waals surface area contributed by atoms with Gasteiger partial charge >= 0.3 is 0 Å². The number of carbonyl (C=O) groups excluding carboxylic acids is 2. The van der Waals surface area contributed by atoms with Gasteiger partial charge in [-0.2, -0.15) is 0 Å². The molecule has 0 spiro atoms. The van der Waals surface area contributed by atoms with Gasteiger partial charge in [0.15, 0.2) is 0 Å². The van der Waals surface area contributed by atoms with Crippen molar-refractivity contribution in [1.29, 1.82) is 0 Å². The second kappa shape index (κ2) is 6.09. The third kappa shape index (κ3) is 2.81. The largest absolute Gasteiger partial charge is 0.334 e. The molecule has 1 aliphatic heterocycles. The van der Waals surface area contributed by atoms with E-state index < -0.39 is 0 Å². The number of piperazine rings is 1. The van der Waals surface area contributed by atoms with Gasteiger partial charge in [0.1, 0.15) is 0 Å². The normalized spacial score (nSPS) is 17.4. The van der Waals surface area contributed by atoms with Crippen molar-refractivity contribution in [2.24, 2.45) is 0 Å². The fraction of sp³-hybridized carbons (Fsp3) is 0.412. The van der Waals surface area contributed by atoms with Gasteiger partial charge in [0.2, 0.25) is 0 Å². The summed E-state index contributed by atoms with van der Waals surface area (Å²) in [7, 11) is 0. The Morgan fingerprint density at radius 3 is 2.26 bits per heavy atom. The molecule has 4 rings (SSSR count). The number of thiophene rings is 2. The molecule has 0 radical (unpaired) electrons. The smallest absolute Gasteiger partial charge is 0.264 e. The minimum absolute atomic E-state index is 0.0854. The van der Waals surface area contributed by atoms with Crippen molar-refractivity contribution in [1.82, 2.24) is 9.80 Å². The fourth-order valence-corrected chi connectivity index (χ4v) is 5.17. The van der Waals surface area contributed by atoms with Crippen molar-refractivity contribution >= 4 is 34.5 Å². The van der Waals surface area contributed by atoms with Gasteiger partial charge in [-0.05, 0) is 42.3 Å². The predicted molar refractivity (Wildman–Crippen MR) is 92.5 cm³/mol. The molecule has 0 N–H and O–H groups in total. The van der Waals surface area contributed by atoms with Gasteiger partial charge in [0, 0.05) is 31.1 Å². The molecule has 0 saturated carbocycles. The summed E-state index contributed by atoms with van der Waals surface area (Å²) < 4.78 is 0. The van der Waals surface area contributed by atoms with Crippen molar-refractivity contribution in [2.45, 2.75) is 19.3 Å². The number of hydrogen-bond acceptors (Lipinski definition) is 4. The zero-order valence-corrected chi connectivity index (χ0v) is 14.4. The average molecular weight is 346 g/mol. The first-order valence-electron chi connectivity index (χ1n) is 7.96. The highest BCUT2D eigenvalue weighted by Crippen LogP contribution is 2.31. The summed E-state index contributed by atoms with van der Waals surface area (Å²) in [6.07, 6.45) is 3.46. The summed E-state index contributed by atoms with van der Waals surface area (Å²) in [6.45, 7) is 2.48. The lowest BCUT2D eigenvalue weighted by Gasteiger charge is -2.34. The van der Waals surface area contributed by atoms with Crippen LogP contribution in [0.25, 0.3) is 0 Å². The number of carbonyl (C=O) groups is 2.